The van der Waals surface area contributed by atoms with Gasteiger partial charge in [0.1, 0.15) is 0 Å². The lowest BCUT2D eigenvalue weighted by atomic mass is 10.1. The first kappa shape index (κ1) is 28.1. The fourth-order valence-corrected chi connectivity index (χ4v) is 4.99. The quantitative estimate of drug-likeness (QED) is 0.216. The summed E-state index contributed by atoms with van der Waals surface area (Å²) in [6.45, 7) is 8.19. The highest BCUT2D eigenvalue weighted by atomic mass is 32.1. The number of hydrogen-bond donors (Lipinski definition) is 4. The number of likely N-dealkylation sites (N-methyl/N-ethyl adjacent to an activating group) is 1. The molecule has 1 aliphatic rings. The van der Waals surface area contributed by atoms with Crippen molar-refractivity contribution < 1.29 is 24.0 Å². The minimum absolute atomic E-state index is 0.150. The lowest BCUT2D eigenvalue weighted by Crippen LogP contribution is -3.12. The average Bonchev–Trinajstić information content (AvgIpc) is 3.45. The first-order chi connectivity index (χ1) is 19.9. The van der Waals surface area contributed by atoms with Crippen molar-refractivity contribution in [3.05, 3.63) is 92.5 Å². The molecule has 0 aliphatic carbocycles. The van der Waals surface area contributed by atoms with Crippen LogP contribution in [0.3, 0.4) is 0 Å². The largest absolute Gasteiger partial charge is 0.454 e. The number of anilines is 1. The van der Waals surface area contributed by atoms with Gasteiger partial charge in [-0.25, -0.2) is 0 Å². The molecule has 0 radical (unpaired) electrons. The molecule has 0 unspecified atom stereocenters. The van der Waals surface area contributed by atoms with Gasteiger partial charge in [0.15, 0.2) is 16.3 Å². The van der Waals surface area contributed by atoms with Gasteiger partial charge in [-0.05, 0) is 86.2 Å². The number of H-pyrrole nitrogens is 1. The number of aromatic nitrogens is 2. The average molecular weight is 575 g/mol. The highest BCUT2D eigenvalue weighted by molar-refractivity contribution is 7.71. The maximum atomic E-state index is 13.3. The highest BCUT2D eigenvalue weighted by Gasteiger charge is 2.15. The van der Waals surface area contributed by atoms with Crippen molar-refractivity contribution in [2.24, 2.45) is 0 Å². The van der Waals surface area contributed by atoms with Gasteiger partial charge in [-0.15, -0.1) is 0 Å². The first-order valence-electron chi connectivity index (χ1n) is 13.5. The summed E-state index contributed by atoms with van der Waals surface area (Å²) in [5, 5.41) is 6.19. The summed E-state index contributed by atoms with van der Waals surface area (Å²) < 4.78 is 12.5. The van der Waals surface area contributed by atoms with E-state index in [1.54, 1.807) is 48.5 Å². The molecule has 0 spiro atoms. The summed E-state index contributed by atoms with van der Waals surface area (Å²) >= 11 is 5.48. The van der Waals surface area contributed by atoms with E-state index < -0.39 is 0 Å². The lowest BCUT2D eigenvalue weighted by molar-refractivity contribution is -0.895. The van der Waals surface area contributed by atoms with Crippen molar-refractivity contribution in [1.29, 1.82) is 0 Å². The van der Waals surface area contributed by atoms with Crippen LogP contribution in [0.2, 0.25) is 0 Å². The van der Waals surface area contributed by atoms with Crippen LogP contribution in [0, 0.1) is 4.77 Å². The Hall–Kier alpha value is -4.48. The molecule has 0 bridgehead atoms. The van der Waals surface area contributed by atoms with Crippen LogP contribution in [0.1, 0.15) is 40.1 Å². The Morgan fingerprint density at radius 2 is 1.68 bits per heavy atom. The highest BCUT2D eigenvalue weighted by Crippen LogP contribution is 2.32. The summed E-state index contributed by atoms with van der Waals surface area (Å²) in [5.74, 6) is 0.796. The molecular weight excluding hydrogens is 542 g/mol. The SMILES string of the molecule is CC[NH+](CC)CCNC(=O)c1ccc(NC(=O)c2ccc3c(=O)n(Cc4ccc5c(c4)OCO5)c(=S)[nH]c3c2)cc1. The summed E-state index contributed by atoms with van der Waals surface area (Å²) in [5.41, 5.74) is 2.47. The number of nitrogens with one attached hydrogen (secondary N) is 4. The molecule has 0 saturated heterocycles. The fourth-order valence-electron chi connectivity index (χ4n) is 4.73. The second-order valence-electron chi connectivity index (χ2n) is 9.76. The number of benzene rings is 3. The Morgan fingerprint density at radius 1 is 0.951 bits per heavy atom. The number of rotatable bonds is 10. The van der Waals surface area contributed by atoms with Gasteiger partial charge < -0.3 is 30.0 Å². The van der Waals surface area contributed by atoms with Gasteiger partial charge in [-0.2, -0.15) is 0 Å². The second kappa shape index (κ2) is 12.4. The second-order valence-corrected chi connectivity index (χ2v) is 10.2. The van der Waals surface area contributed by atoms with Crippen LogP contribution in [-0.4, -0.2) is 54.3 Å². The van der Waals surface area contributed by atoms with E-state index in [1.165, 1.54) is 9.47 Å². The number of quaternary nitrogens is 1. The number of carbonyl (C=O) groups excluding carboxylic acids is 2. The lowest BCUT2D eigenvalue weighted by Gasteiger charge is -2.15. The number of nitrogens with zero attached hydrogens (tertiary/aromatic N) is 1. The fraction of sp³-hybridized carbons (Fsp3) is 0.267. The van der Waals surface area contributed by atoms with E-state index in [-0.39, 0.29) is 35.5 Å². The van der Waals surface area contributed by atoms with E-state index in [0.29, 0.717) is 45.8 Å². The molecule has 0 atom stereocenters. The summed E-state index contributed by atoms with van der Waals surface area (Å²) in [7, 11) is 0. The normalized spacial score (nSPS) is 12.1. The number of ether oxygens (including phenoxy) is 2. The monoisotopic (exact) mass is 574 g/mol. The third-order valence-corrected chi connectivity index (χ3v) is 7.51. The Kier molecular flexibility index (Phi) is 8.46. The van der Waals surface area contributed by atoms with Gasteiger partial charge in [-0.3, -0.25) is 19.0 Å². The summed E-state index contributed by atoms with van der Waals surface area (Å²) in [6, 6.07) is 17.0. The molecule has 0 fully saturated rings. The molecule has 5 rings (SSSR count). The van der Waals surface area contributed by atoms with Crippen molar-refractivity contribution in [2.45, 2.75) is 20.4 Å². The standard InChI is InChI=1S/C30H31N5O5S/c1-3-34(4-2)14-13-31-27(36)20-6-9-22(10-7-20)32-28(37)21-8-11-23-24(16-21)33-30(41)35(29(23)38)17-19-5-12-25-26(15-19)40-18-39-25/h5-12,15-16H,3-4,13-14,17-18H2,1-2H3,(H,31,36)(H,32,37)(H,33,41)/p+1. The van der Waals surface area contributed by atoms with Crippen LogP contribution in [0.25, 0.3) is 10.9 Å². The number of carbonyl (C=O) groups is 2. The van der Waals surface area contributed by atoms with E-state index in [1.807, 2.05) is 12.1 Å². The van der Waals surface area contributed by atoms with Crippen LogP contribution in [0.4, 0.5) is 5.69 Å². The molecule has 1 aromatic heterocycles. The third kappa shape index (κ3) is 6.31. The van der Waals surface area contributed by atoms with E-state index in [2.05, 4.69) is 29.5 Å². The molecule has 2 heterocycles. The molecule has 4 aromatic rings. The van der Waals surface area contributed by atoms with Gasteiger partial charge in [0.25, 0.3) is 17.4 Å². The molecule has 10 nitrogen and oxygen atoms in total. The molecule has 212 valence electrons. The summed E-state index contributed by atoms with van der Waals surface area (Å²) in [6.07, 6.45) is 0. The van der Waals surface area contributed by atoms with Crippen molar-refractivity contribution in [2.75, 3.05) is 38.3 Å². The van der Waals surface area contributed by atoms with Gasteiger partial charge in [0, 0.05) is 16.8 Å². The summed E-state index contributed by atoms with van der Waals surface area (Å²) in [4.78, 5) is 43.2. The predicted octanol–water partition coefficient (Wildman–Crippen LogP) is 2.74. The zero-order chi connectivity index (χ0) is 28.9. The molecule has 4 N–H and O–H groups in total. The van der Waals surface area contributed by atoms with Gasteiger partial charge in [-0.1, -0.05) is 6.07 Å². The minimum Gasteiger partial charge on any atom is -0.454 e. The molecule has 1 aliphatic heterocycles. The Balaban J connectivity index is 1.26. The van der Waals surface area contributed by atoms with Gasteiger partial charge in [0.2, 0.25) is 6.79 Å². The van der Waals surface area contributed by atoms with Crippen LogP contribution in [-0.2, 0) is 6.54 Å². The predicted molar refractivity (Wildman–Crippen MR) is 159 cm³/mol. The molecule has 41 heavy (non-hydrogen) atoms. The molecule has 0 saturated carbocycles. The maximum absolute atomic E-state index is 13.3. The first-order valence-corrected chi connectivity index (χ1v) is 14.0. The van der Waals surface area contributed by atoms with Crippen LogP contribution < -0.4 is 30.6 Å². The van der Waals surface area contributed by atoms with Crippen molar-refractivity contribution in [1.82, 2.24) is 14.9 Å². The molecule has 2 amide bonds. The molecular formula is C30H32N5O5S+. The number of hydrogen-bond acceptors (Lipinski definition) is 6. The van der Waals surface area contributed by atoms with Crippen molar-refractivity contribution in [3.8, 4) is 11.5 Å². The zero-order valence-corrected chi connectivity index (χ0v) is 23.7. The van der Waals surface area contributed by atoms with E-state index in [0.717, 1.165) is 25.2 Å². The number of aromatic amines is 1. The van der Waals surface area contributed by atoms with Crippen LogP contribution in [0.15, 0.2) is 65.5 Å². The Labute approximate surface area is 241 Å². The maximum Gasteiger partial charge on any atom is 0.262 e. The Bertz CT molecular complexity index is 1710. The number of fused-ring (bicyclic) bond motifs is 2. The van der Waals surface area contributed by atoms with E-state index >= 15 is 0 Å². The van der Waals surface area contributed by atoms with Crippen molar-refractivity contribution in [3.63, 3.8) is 0 Å². The van der Waals surface area contributed by atoms with E-state index in [9.17, 15) is 14.4 Å². The molecule has 3 aromatic carbocycles. The van der Waals surface area contributed by atoms with Gasteiger partial charge >= 0.3 is 0 Å². The molecule has 11 heteroatoms. The van der Waals surface area contributed by atoms with Crippen LogP contribution in [0.5, 0.6) is 11.5 Å². The number of amides is 2. The van der Waals surface area contributed by atoms with E-state index in [4.69, 9.17) is 21.7 Å². The smallest absolute Gasteiger partial charge is 0.262 e. The zero-order valence-electron chi connectivity index (χ0n) is 22.9. The Morgan fingerprint density at radius 3 is 2.44 bits per heavy atom. The van der Waals surface area contributed by atoms with Crippen LogP contribution >= 0.6 is 12.2 Å². The minimum atomic E-state index is -0.352. The third-order valence-electron chi connectivity index (χ3n) is 7.19. The van der Waals surface area contributed by atoms with Gasteiger partial charge in [0.05, 0.1) is 43.6 Å². The topological polar surface area (TPSA) is 119 Å². The van der Waals surface area contributed by atoms with Crippen molar-refractivity contribution >= 4 is 40.6 Å².